The van der Waals surface area contributed by atoms with Crippen LogP contribution in [-0.2, 0) is 14.2 Å². The van der Waals surface area contributed by atoms with E-state index in [-0.39, 0.29) is 0 Å². The van der Waals surface area contributed by atoms with Crippen molar-refractivity contribution in [1.82, 2.24) is 0 Å². The van der Waals surface area contributed by atoms with Gasteiger partial charge in [0.15, 0.2) is 0 Å². The molecule has 1 unspecified atom stereocenters. The van der Waals surface area contributed by atoms with Gasteiger partial charge < -0.3 is 14.2 Å². The maximum atomic E-state index is 5.36. The molecule has 0 amide bonds. The highest BCUT2D eigenvalue weighted by Gasteiger charge is 2.21. The predicted molar refractivity (Wildman–Crippen MR) is 54.0 cm³/mol. The van der Waals surface area contributed by atoms with Crippen molar-refractivity contribution in [2.45, 2.75) is 6.10 Å². The van der Waals surface area contributed by atoms with E-state index in [2.05, 4.69) is 6.58 Å². The third-order valence-electron chi connectivity index (χ3n) is 1.54. The Morgan fingerprint density at radius 3 is 2.92 bits per heavy atom. The third-order valence-corrected chi connectivity index (χ3v) is 2.45. The lowest BCUT2D eigenvalue weighted by molar-refractivity contribution is 0.130. The standard InChI is InChI=1S/C9H16O3S/c1-2-10-3-5-13-6-4-11-7-9-8-12-9/h2,9H,1,3-8H2. The summed E-state index contributed by atoms with van der Waals surface area (Å²) in [4.78, 5) is 0. The van der Waals surface area contributed by atoms with Crippen molar-refractivity contribution >= 4 is 11.8 Å². The minimum atomic E-state index is 0.383. The molecule has 1 fully saturated rings. The van der Waals surface area contributed by atoms with Gasteiger partial charge in [-0.2, -0.15) is 11.8 Å². The minimum Gasteiger partial charge on any atom is -0.501 e. The van der Waals surface area contributed by atoms with Crippen molar-refractivity contribution < 1.29 is 14.2 Å². The summed E-state index contributed by atoms with van der Waals surface area (Å²) in [6.07, 6.45) is 1.86. The zero-order valence-corrected chi connectivity index (χ0v) is 8.55. The van der Waals surface area contributed by atoms with Gasteiger partial charge in [0, 0.05) is 11.5 Å². The summed E-state index contributed by atoms with van der Waals surface area (Å²) in [6.45, 7) is 6.63. The number of hydrogen-bond donors (Lipinski definition) is 0. The summed E-state index contributed by atoms with van der Waals surface area (Å²) in [7, 11) is 0. The summed E-state index contributed by atoms with van der Waals surface area (Å²) in [5, 5.41) is 0. The van der Waals surface area contributed by atoms with Crippen LogP contribution < -0.4 is 0 Å². The van der Waals surface area contributed by atoms with Crippen molar-refractivity contribution in [1.29, 1.82) is 0 Å². The first kappa shape index (κ1) is 10.9. The Labute approximate surface area is 83.4 Å². The number of ether oxygens (including phenoxy) is 3. The third kappa shape index (κ3) is 6.93. The lowest BCUT2D eigenvalue weighted by atomic mass is 10.5. The molecule has 3 nitrogen and oxygen atoms in total. The van der Waals surface area contributed by atoms with Crippen LogP contribution in [0.4, 0.5) is 0 Å². The van der Waals surface area contributed by atoms with Crippen LogP contribution in [0.15, 0.2) is 12.8 Å². The van der Waals surface area contributed by atoms with Gasteiger partial charge in [-0.25, -0.2) is 0 Å². The summed E-state index contributed by atoms with van der Waals surface area (Å²) < 4.78 is 15.3. The molecule has 0 spiro atoms. The zero-order chi connectivity index (χ0) is 9.36. The molecule has 1 rings (SSSR count). The van der Waals surface area contributed by atoms with E-state index in [1.165, 1.54) is 6.26 Å². The van der Waals surface area contributed by atoms with Crippen LogP contribution in [0.1, 0.15) is 0 Å². The summed E-state index contributed by atoms with van der Waals surface area (Å²) in [6, 6.07) is 0. The Morgan fingerprint density at radius 2 is 2.23 bits per heavy atom. The fourth-order valence-corrected chi connectivity index (χ4v) is 1.44. The van der Waals surface area contributed by atoms with E-state index in [1.54, 1.807) is 0 Å². The van der Waals surface area contributed by atoms with E-state index in [1.807, 2.05) is 11.8 Å². The van der Waals surface area contributed by atoms with Crippen molar-refractivity contribution in [3.05, 3.63) is 12.8 Å². The molecule has 0 bridgehead atoms. The molecule has 0 aromatic heterocycles. The normalized spacial score (nSPS) is 19.8. The molecule has 4 heteroatoms. The number of rotatable bonds is 9. The Hall–Kier alpha value is -0.190. The van der Waals surface area contributed by atoms with Gasteiger partial charge in [0.05, 0.1) is 32.7 Å². The van der Waals surface area contributed by atoms with Crippen LogP contribution in [0.5, 0.6) is 0 Å². The van der Waals surface area contributed by atoms with Crippen LogP contribution in [0, 0.1) is 0 Å². The molecule has 1 heterocycles. The molecule has 0 aliphatic carbocycles. The van der Waals surface area contributed by atoms with E-state index in [4.69, 9.17) is 14.2 Å². The topological polar surface area (TPSA) is 31.0 Å². The highest BCUT2D eigenvalue weighted by molar-refractivity contribution is 7.99. The van der Waals surface area contributed by atoms with Crippen molar-refractivity contribution in [2.75, 3.05) is 37.9 Å². The van der Waals surface area contributed by atoms with E-state index in [9.17, 15) is 0 Å². The Balaban J connectivity index is 1.65. The minimum absolute atomic E-state index is 0.383. The SMILES string of the molecule is C=COCCSCCOCC1CO1. The molecule has 1 aliphatic rings. The molecule has 13 heavy (non-hydrogen) atoms. The average Bonchev–Trinajstić information content (AvgIpc) is 2.93. The average molecular weight is 204 g/mol. The summed E-state index contributed by atoms with van der Waals surface area (Å²) in [5.41, 5.74) is 0. The Kier molecular flexibility index (Phi) is 6.06. The molecular formula is C9H16O3S. The first-order valence-corrected chi connectivity index (χ1v) is 5.58. The predicted octanol–water partition coefficient (Wildman–Crippen LogP) is 1.30. The second kappa shape index (κ2) is 7.24. The van der Waals surface area contributed by atoms with Crippen molar-refractivity contribution in [2.24, 2.45) is 0 Å². The fraction of sp³-hybridized carbons (Fsp3) is 0.778. The molecular weight excluding hydrogens is 188 g/mol. The van der Waals surface area contributed by atoms with Gasteiger partial charge in [0.1, 0.15) is 6.10 Å². The maximum absolute atomic E-state index is 5.36. The first-order chi connectivity index (χ1) is 6.43. The largest absolute Gasteiger partial charge is 0.501 e. The molecule has 0 aromatic carbocycles. The zero-order valence-electron chi connectivity index (χ0n) is 7.74. The van der Waals surface area contributed by atoms with E-state index in [0.29, 0.717) is 6.10 Å². The smallest absolute Gasteiger partial charge is 0.104 e. The van der Waals surface area contributed by atoms with Crippen LogP contribution in [0.3, 0.4) is 0 Å². The van der Waals surface area contributed by atoms with Crippen molar-refractivity contribution in [3.63, 3.8) is 0 Å². The van der Waals surface area contributed by atoms with E-state index >= 15 is 0 Å². The fourth-order valence-electron chi connectivity index (χ4n) is 0.789. The second-order valence-electron chi connectivity index (χ2n) is 2.68. The molecule has 1 aliphatic heterocycles. The molecule has 0 N–H and O–H groups in total. The van der Waals surface area contributed by atoms with Crippen LogP contribution in [-0.4, -0.2) is 44.0 Å². The second-order valence-corrected chi connectivity index (χ2v) is 3.90. The van der Waals surface area contributed by atoms with Gasteiger partial charge in [-0.3, -0.25) is 0 Å². The lowest BCUT2D eigenvalue weighted by Crippen LogP contribution is -2.05. The summed E-state index contributed by atoms with van der Waals surface area (Å²) >= 11 is 1.83. The van der Waals surface area contributed by atoms with Gasteiger partial charge >= 0.3 is 0 Å². The van der Waals surface area contributed by atoms with Gasteiger partial charge in [-0.05, 0) is 0 Å². The van der Waals surface area contributed by atoms with Gasteiger partial charge in [-0.15, -0.1) is 0 Å². The van der Waals surface area contributed by atoms with Crippen LogP contribution in [0.25, 0.3) is 0 Å². The molecule has 76 valence electrons. The van der Waals surface area contributed by atoms with Crippen LogP contribution >= 0.6 is 11.8 Å². The Morgan fingerprint density at radius 1 is 1.46 bits per heavy atom. The number of epoxide rings is 1. The molecule has 0 radical (unpaired) electrons. The quantitative estimate of drug-likeness (QED) is 0.322. The van der Waals surface area contributed by atoms with Crippen LogP contribution in [0.2, 0.25) is 0 Å². The lowest BCUT2D eigenvalue weighted by Gasteiger charge is -2.02. The van der Waals surface area contributed by atoms with Gasteiger partial charge in [-0.1, -0.05) is 6.58 Å². The number of thioether (sulfide) groups is 1. The number of hydrogen-bond acceptors (Lipinski definition) is 4. The highest BCUT2D eigenvalue weighted by atomic mass is 32.2. The maximum Gasteiger partial charge on any atom is 0.104 e. The van der Waals surface area contributed by atoms with E-state index < -0.39 is 0 Å². The first-order valence-electron chi connectivity index (χ1n) is 4.43. The van der Waals surface area contributed by atoms with E-state index in [0.717, 1.165) is 37.9 Å². The van der Waals surface area contributed by atoms with Gasteiger partial charge in [0.25, 0.3) is 0 Å². The summed E-state index contributed by atoms with van der Waals surface area (Å²) in [5.74, 6) is 2.02. The Bertz CT molecular complexity index is 137. The molecule has 0 saturated carbocycles. The van der Waals surface area contributed by atoms with Gasteiger partial charge in [0.2, 0.25) is 0 Å². The monoisotopic (exact) mass is 204 g/mol. The molecule has 1 saturated heterocycles. The van der Waals surface area contributed by atoms with Crippen molar-refractivity contribution in [3.8, 4) is 0 Å². The molecule has 1 atom stereocenters. The highest BCUT2D eigenvalue weighted by Crippen LogP contribution is 2.08. The molecule has 0 aromatic rings.